The predicted molar refractivity (Wildman–Crippen MR) is 128 cm³/mol. The number of carbonyl (C=O) groups is 4. The Kier molecular flexibility index (Phi) is 9.74. The molecule has 2 aliphatic rings. The fourth-order valence-corrected chi connectivity index (χ4v) is 3.70. The number of aliphatic hydroxyl groups excluding tert-OH is 1. The van der Waals surface area contributed by atoms with Crippen LogP contribution < -0.4 is 10.6 Å². The van der Waals surface area contributed by atoms with Crippen LogP contribution in [-0.4, -0.2) is 92.6 Å². The average Bonchev–Trinajstić information content (AvgIpc) is 3.35. The smallest absolute Gasteiger partial charge is 0.338 e. The average molecular weight is 502 g/mol. The maximum atomic E-state index is 12.9. The van der Waals surface area contributed by atoms with E-state index in [0.717, 1.165) is 0 Å². The van der Waals surface area contributed by atoms with E-state index >= 15 is 0 Å². The summed E-state index contributed by atoms with van der Waals surface area (Å²) in [7, 11) is 3.29. The molecular weight excluding hydrogens is 470 g/mol. The predicted octanol–water partition coefficient (Wildman–Crippen LogP) is -0.000200. The van der Waals surface area contributed by atoms with Crippen LogP contribution >= 0.6 is 0 Å². The molecule has 3 atom stereocenters. The lowest BCUT2D eigenvalue weighted by Gasteiger charge is -2.30. The summed E-state index contributed by atoms with van der Waals surface area (Å²) in [5, 5.41) is 13.9. The molecule has 0 bridgehead atoms. The molecule has 3 N–H and O–H groups in total. The molecule has 0 spiro atoms. The van der Waals surface area contributed by atoms with Crippen molar-refractivity contribution in [2.24, 2.45) is 0 Å². The van der Waals surface area contributed by atoms with Crippen molar-refractivity contribution in [2.45, 2.75) is 31.2 Å². The van der Waals surface area contributed by atoms with Crippen molar-refractivity contribution in [1.29, 1.82) is 0 Å². The number of ether oxygens (including phenoxy) is 3. The molecule has 194 valence electrons. The molecule has 3 amide bonds. The minimum atomic E-state index is -0.752. The zero-order valence-electron chi connectivity index (χ0n) is 20.3. The highest BCUT2D eigenvalue weighted by Crippen LogP contribution is 2.30. The number of hydrogen-bond acceptors (Lipinski definition) is 8. The fourth-order valence-electron chi connectivity index (χ4n) is 3.70. The quantitative estimate of drug-likeness (QED) is 0.300. The number of nitrogens with one attached hydrogen (secondary N) is 2. The van der Waals surface area contributed by atoms with Crippen LogP contribution in [0.25, 0.3) is 6.08 Å². The van der Waals surface area contributed by atoms with Gasteiger partial charge in [0.15, 0.2) is 0 Å². The first-order valence-corrected chi connectivity index (χ1v) is 11.6. The van der Waals surface area contributed by atoms with Crippen LogP contribution in [0.2, 0.25) is 0 Å². The number of fused-ring (bicyclic) bond motifs is 1. The van der Waals surface area contributed by atoms with Gasteiger partial charge in [0.25, 0.3) is 0 Å². The van der Waals surface area contributed by atoms with Crippen molar-refractivity contribution in [3.8, 4) is 0 Å². The Morgan fingerprint density at radius 2 is 1.97 bits per heavy atom. The summed E-state index contributed by atoms with van der Waals surface area (Å²) in [6.45, 7) is 0.117. The van der Waals surface area contributed by atoms with E-state index in [1.165, 1.54) is 11.0 Å². The second-order valence-corrected chi connectivity index (χ2v) is 8.49. The molecule has 1 aliphatic heterocycles. The van der Waals surface area contributed by atoms with Crippen LogP contribution in [-0.2, 0) is 28.6 Å². The van der Waals surface area contributed by atoms with Crippen LogP contribution in [0, 0.1) is 0 Å². The summed E-state index contributed by atoms with van der Waals surface area (Å²) >= 11 is 0. The van der Waals surface area contributed by atoms with Gasteiger partial charge in [-0.1, -0.05) is 12.1 Å². The SMILES string of the molecule is CN(C)C(=O)C=Cc1cccc(C(=O)OC2CC(C(=O)NCCC(=O)NCCO)=CC3OCOC32)c1. The molecule has 1 aromatic carbocycles. The zero-order valence-corrected chi connectivity index (χ0v) is 20.3. The normalized spacial score (nSPS) is 20.9. The lowest BCUT2D eigenvalue weighted by molar-refractivity contribution is -0.124. The first kappa shape index (κ1) is 27.1. The van der Waals surface area contributed by atoms with Crippen LogP contribution in [0.4, 0.5) is 0 Å². The molecule has 1 aliphatic carbocycles. The van der Waals surface area contributed by atoms with Crippen molar-refractivity contribution in [3.05, 3.63) is 53.1 Å². The van der Waals surface area contributed by atoms with Gasteiger partial charge >= 0.3 is 5.97 Å². The van der Waals surface area contributed by atoms with Gasteiger partial charge in [-0.3, -0.25) is 14.4 Å². The Balaban J connectivity index is 1.62. The lowest BCUT2D eigenvalue weighted by Crippen LogP contribution is -2.43. The minimum Gasteiger partial charge on any atom is -0.456 e. The largest absolute Gasteiger partial charge is 0.456 e. The summed E-state index contributed by atoms with van der Waals surface area (Å²) in [5.74, 6) is -1.45. The molecule has 3 unspecified atom stereocenters. The highest BCUT2D eigenvalue weighted by atomic mass is 16.7. The molecule has 1 heterocycles. The second kappa shape index (κ2) is 13.0. The fraction of sp³-hybridized carbons (Fsp3) is 0.440. The Bertz CT molecular complexity index is 1040. The van der Waals surface area contributed by atoms with Crippen LogP contribution in [0.3, 0.4) is 0 Å². The molecular formula is C25H31N3O8. The Hall–Kier alpha value is -3.54. The van der Waals surface area contributed by atoms with E-state index in [1.54, 1.807) is 50.5 Å². The van der Waals surface area contributed by atoms with Crippen LogP contribution in [0.5, 0.6) is 0 Å². The topological polar surface area (TPSA) is 144 Å². The standard InChI is InChI=1S/C25H31N3O8/c1-28(2)22(31)7-6-16-4-3-5-17(12-16)25(33)36-20-14-18(13-19-23(20)35-15-34-19)24(32)27-9-8-21(30)26-10-11-29/h3-7,12-13,19-20,23,29H,8-11,14-15H2,1-2H3,(H,26,30)(H,27,32). The van der Waals surface area contributed by atoms with Crippen LogP contribution in [0.15, 0.2) is 42.0 Å². The zero-order chi connectivity index (χ0) is 26.1. The third-order valence-electron chi connectivity index (χ3n) is 5.60. The number of carbonyl (C=O) groups excluding carboxylic acids is 4. The maximum absolute atomic E-state index is 12.9. The third kappa shape index (κ3) is 7.48. The van der Waals surface area contributed by atoms with E-state index < -0.39 is 30.2 Å². The second-order valence-electron chi connectivity index (χ2n) is 8.49. The number of aliphatic hydroxyl groups is 1. The summed E-state index contributed by atoms with van der Waals surface area (Å²) < 4.78 is 16.9. The van der Waals surface area contributed by atoms with Gasteiger partial charge < -0.3 is 34.9 Å². The van der Waals surface area contributed by atoms with Gasteiger partial charge in [0, 0.05) is 51.7 Å². The first-order chi connectivity index (χ1) is 17.3. The highest BCUT2D eigenvalue weighted by molar-refractivity contribution is 5.95. The van der Waals surface area contributed by atoms with Crippen molar-refractivity contribution < 1.29 is 38.5 Å². The number of rotatable bonds is 10. The Morgan fingerprint density at radius 3 is 2.72 bits per heavy atom. The summed E-state index contributed by atoms with van der Waals surface area (Å²) in [6.07, 6.45) is 3.01. The number of hydrogen-bond donors (Lipinski definition) is 3. The van der Waals surface area contributed by atoms with E-state index in [1.807, 2.05) is 0 Å². The molecule has 1 fully saturated rings. The van der Waals surface area contributed by atoms with E-state index in [4.69, 9.17) is 19.3 Å². The Morgan fingerprint density at radius 1 is 1.17 bits per heavy atom. The van der Waals surface area contributed by atoms with Crippen molar-refractivity contribution in [3.63, 3.8) is 0 Å². The number of esters is 1. The monoisotopic (exact) mass is 501 g/mol. The molecule has 3 rings (SSSR count). The molecule has 36 heavy (non-hydrogen) atoms. The summed E-state index contributed by atoms with van der Waals surface area (Å²) in [6, 6.07) is 6.66. The van der Waals surface area contributed by atoms with Gasteiger partial charge in [0.05, 0.1) is 12.2 Å². The van der Waals surface area contributed by atoms with E-state index in [0.29, 0.717) is 16.7 Å². The highest BCUT2D eigenvalue weighted by Gasteiger charge is 2.42. The van der Waals surface area contributed by atoms with Gasteiger partial charge in [0.2, 0.25) is 17.7 Å². The van der Waals surface area contributed by atoms with Crippen LogP contribution in [0.1, 0.15) is 28.8 Å². The van der Waals surface area contributed by atoms with E-state index in [2.05, 4.69) is 10.6 Å². The third-order valence-corrected chi connectivity index (χ3v) is 5.60. The number of benzene rings is 1. The van der Waals surface area contributed by atoms with Crippen molar-refractivity contribution >= 4 is 29.8 Å². The van der Waals surface area contributed by atoms with Gasteiger partial charge in [-0.15, -0.1) is 0 Å². The van der Waals surface area contributed by atoms with E-state index in [9.17, 15) is 19.2 Å². The molecule has 0 saturated carbocycles. The molecule has 1 aromatic rings. The number of likely N-dealkylation sites (N-methyl/N-ethyl adjacent to an activating group) is 1. The minimum absolute atomic E-state index is 0.0139. The van der Waals surface area contributed by atoms with Gasteiger partial charge in [-0.25, -0.2) is 4.79 Å². The van der Waals surface area contributed by atoms with Crippen molar-refractivity contribution in [1.82, 2.24) is 15.5 Å². The van der Waals surface area contributed by atoms with Crippen molar-refractivity contribution in [2.75, 3.05) is 40.6 Å². The van der Waals surface area contributed by atoms with Gasteiger partial charge in [-0.2, -0.15) is 0 Å². The summed E-state index contributed by atoms with van der Waals surface area (Å²) in [4.78, 5) is 50.4. The molecule has 0 aromatic heterocycles. The summed E-state index contributed by atoms with van der Waals surface area (Å²) in [5.41, 5.74) is 1.32. The number of nitrogens with zero attached hydrogens (tertiary/aromatic N) is 1. The Labute approximate surface area is 209 Å². The maximum Gasteiger partial charge on any atom is 0.338 e. The molecule has 11 nitrogen and oxygen atoms in total. The van der Waals surface area contributed by atoms with Gasteiger partial charge in [-0.05, 0) is 29.8 Å². The van der Waals surface area contributed by atoms with E-state index in [-0.39, 0.29) is 51.1 Å². The first-order valence-electron chi connectivity index (χ1n) is 11.6. The molecule has 11 heteroatoms. The molecule has 1 saturated heterocycles. The van der Waals surface area contributed by atoms with Gasteiger partial charge in [0.1, 0.15) is 25.1 Å². The molecule has 0 radical (unpaired) electrons. The lowest BCUT2D eigenvalue weighted by atomic mass is 9.91. The number of amides is 3.